The van der Waals surface area contributed by atoms with Crippen LogP contribution in [0.15, 0.2) is 11.4 Å². The summed E-state index contributed by atoms with van der Waals surface area (Å²) in [6, 6.07) is 3.28. The number of aromatic nitrogens is 2. The van der Waals surface area contributed by atoms with Gasteiger partial charge in [0.25, 0.3) is 0 Å². The van der Waals surface area contributed by atoms with Gasteiger partial charge in [-0.3, -0.25) is 9.80 Å². The van der Waals surface area contributed by atoms with Crippen molar-refractivity contribution in [3.05, 3.63) is 17.3 Å². The summed E-state index contributed by atoms with van der Waals surface area (Å²) < 4.78 is 0. The number of rotatable bonds is 2. The molecule has 0 saturated carbocycles. The van der Waals surface area contributed by atoms with E-state index in [1.165, 1.54) is 25.9 Å². The Hall–Kier alpha value is -1.24. The summed E-state index contributed by atoms with van der Waals surface area (Å²) in [6.45, 7) is 6.69. The van der Waals surface area contributed by atoms with Gasteiger partial charge in [0.2, 0.25) is 0 Å². The van der Waals surface area contributed by atoms with E-state index in [1.54, 1.807) is 11.3 Å². The summed E-state index contributed by atoms with van der Waals surface area (Å²) in [4.78, 5) is 15.3. The third-order valence-electron chi connectivity index (χ3n) is 4.81. The molecular weight excluding hydrogens is 282 g/mol. The van der Waals surface area contributed by atoms with Crippen molar-refractivity contribution in [2.45, 2.75) is 38.4 Å². The summed E-state index contributed by atoms with van der Waals surface area (Å²) in [6.07, 6.45) is 2.67. The van der Waals surface area contributed by atoms with E-state index in [1.807, 2.05) is 11.4 Å². The molecule has 2 aliphatic rings. The number of thiophene rings is 1. The summed E-state index contributed by atoms with van der Waals surface area (Å²) >= 11 is 1.64. The van der Waals surface area contributed by atoms with Crippen molar-refractivity contribution in [2.75, 3.05) is 25.4 Å². The summed E-state index contributed by atoms with van der Waals surface area (Å²) in [7, 11) is 0. The van der Waals surface area contributed by atoms with Crippen LogP contribution in [-0.2, 0) is 6.54 Å². The van der Waals surface area contributed by atoms with Crippen LogP contribution in [0.4, 0.5) is 5.82 Å². The van der Waals surface area contributed by atoms with Crippen LogP contribution in [0.25, 0.3) is 10.2 Å². The van der Waals surface area contributed by atoms with Gasteiger partial charge in [-0.1, -0.05) is 0 Å². The molecule has 0 spiro atoms. The molecule has 2 saturated heterocycles. The Balaban J connectivity index is 1.56. The van der Waals surface area contributed by atoms with Gasteiger partial charge in [-0.25, -0.2) is 9.97 Å². The van der Waals surface area contributed by atoms with E-state index in [0.717, 1.165) is 35.2 Å². The van der Waals surface area contributed by atoms with Gasteiger partial charge >= 0.3 is 0 Å². The molecule has 0 bridgehead atoms. The van der Waals surface area contributed by atoms with Gasteiger partial charge < -0.3 is 5.73 Å². The highest BCUT2D eigenvalue weighted by Gasteiger charge is 2.34. The zero-order valence-electron chi connectivity index (χ0n) is 12.3. The third kappa shape index (κ3) is 2.41. The topological polar surface area (TPSA) is 58.3 Å². The molecule has 0 amide bonds. The van der Waals surface area contributed by atoms with Gasteiger partial charge in [0.15, 0.2) is 0 Å². The van der Waals surface area contributed by atoms with E-state index in [4.69, 9.17) is 5.73 Å². The Bertz CT molecular complexity index is 655. The average molecular weight is 303 g/mol. The largest absolute Gasteiger partial charge is 0.383 e. The molecule has 21 heavy (non-hydrogen) atoms. The third-order valence-corrected chi connectivity index (χ3v) is 5.62. The van der Waals surface area contributed by atoms with Gasteiger partial charge in [-0.05, 0) is 37.8 Å². The molecule has 2 aromatic rings. The van der Waals surface area contributed by atoms with Crippen molar-refractivity contribution in [2.24, 2.45) is 0 Å². The lowest BCUT2D eigenvalue weighted by Gasteiger charge is -2.42. The molecule has 6 heteroatoms. The zero-order chi connectivity index (χ0) is 14.4. The highest BCUT2D eigenvalue weighted by molar-refractivity contribution is 7.16. The number of nitrogens with two attached hydrogens (primary N) is 1. The molecule has 2 aliphatic heterocycles. The second-order valence-corrected chi connectivity index (χ2v) is 7.13. The molecule has 2 N–H and O–H groups in total. The number of fused-ring (bicyclic) bond motifs is 2. The van der Waals surface area contributed by atoms with Crippen LogP contribution in [-0.4, -0.2) is 51.5 Å². The molecule has 0 radical (unpaired) electrons. The predicted octanol–water partition coefficient (Wildman–Crippen LogP) is 1.94. The van der Waals surface area contributed by atoms with Crippen LogP contribution in [0.1, 0.15) is 25.6 Å². The molecule has 4 rings (SSSR count). The van der Waals surface area contributed by atoms with E-state index in [-0.39, 0.29) is 0 Å². The van der Waals surface area contributed by atoms with Crippen molar-refractivity contribution in [3.8, 4) is 0 Å². The van der Waals surface area contributed by atoms with Crippen molar-refractivity contribution in [3.63, 3.8) is 0 Å². The zero-order valence-corrected chi connectivity index (χ0v) is 13.1. The lowest BCUT2D eigenvalue weighted by atomic mass is 10.1. The Morgan fingerprint density at radius 2 is 2.29 bits per heavy atom. The van der Waals surface area contributed by atoms with Gasteiger partial charge in [-0.2, -0.15) is 0 Å². The van der Waals surface area contributed by atoms with Crippen LogP contribution in [0.3, 0.4) is 0 Å². The number of hydrogen-bond acceptors (Lipinski definition) is 6. The minimum Gasteiger partial charge on any atom is -0.383 e. The Morgan fingerprint density at radius 1 is 1.38 bits per heavy atom. The quantitative estimate of drug-likeness (QED) is 0.919. The maximum atomic E-state index is 6.06. The molecule has 5 nitrogen and oxygen atoms in total. The number of nitrogens with zero attached hydrogens (tertiary/aromatic N) is 4. The lowest BCUT2D eigenvalue weighted by molar-refractivity contribution is 0.0523. The molecule has 2 unspecified atom stereocenters. The van der Waals surface area contributed by atoms with E-state index < -0.39 is 0 Å². The van der Waals surface area contributed by atoms with Gasteiger partial charge in [0.1, 0.15) is 16.5 Å². The average Bonchev–Trinajstić information content (AvgIpc) is 3.07. The van der Waals surface area contributed by atoms with Gasteiger partial charge in [0, 0.05) is 25.2 Å². The molecule has 2 atom stereocenters. The summed E-state index contributed by atoms with van der Waals surface area (Å²) in [5, 5.41) is 3.01. The lowest BCUT2D eigenvalue weighted by Crippen LogP contribution is -2.54. The predicted molar refractivity (Wildman–Crippen MR) is 86.3 cm³/mol. The van der Waals surface area contributed by atoms with Crippen molar-refractivity contribution in [1.82, 2.24) is 19.8 Å². The molecule has 0 aliphatic carbocycles. The molecule has 2 fully saturated rings. The van der Waals surface area contributed by atoms with Crippen LogP contribution >= 0.6 is 11.3 Å². The maximum absolute atomic E-state index is 6.06. The Labute approximate surface area is 128 Å². The SMILES string of the molecule is CC1CN2CCCC2CN1Cc1nc(N)c2ccsc2n1. The smallest absolute Gasteiger partial charge is 0.146 e. The molecular formula is C15H21N5S. The highest BCUT2D eigenvalue weighted by Crippen LogP contribution is 2.27. The van der Waals surface area contributed by atoms with E-state index in [2.05, 4.69) is 26.7 Å². The first-order valence-electron chi connectivity index (χ1n) is 7.68. The first kappa shape index (κ1) is 13.4. The monoisotopic (exact) mass is 303 g/mol. The van der Waals surface area contributed by atoms with Gasteiger partial charge in [-0.15, -0.1) is 11.3 Å². The Kier molecular flexibility index (Phi) is 3.32. The number of anilines is 1. The molecule has 112 valence electrons. The molecule has 4 heterocycles. The van der Waals surface area contributed by atoms with Crippen molar-refractivity contribution in [1.29, 1.82) is 0 Å². The fraction of sp³-hybridized carbons (Fsp3) is 0.600. The van der Waals surface area contributed by atoms with Crippen molar-refractivity contribution < 1.29 is 0 Å². The standard InChI is InChI=1S/C15H21N5S/c1-10-7-19-5-2-3-11(19)8-20(10)9-13-17-14(16)12-4-6-21-15(12)18-13/h4,6,10-11H,2-3,5,7-9H2,1H3,(H2,16,17,18). The van der Waals surface area contributed by atoms with Crippen LogP contribution in [0.2, 0.25) is 0 Å². The summed E-state index contributed by atoms with van der Waals surface area (Å²) in [5.74, 6) is 1.48. The van der Waals surface area contributed by atoms with Crippen LogP contribution < -0.4 is 5.73 Å². The second kappa shape index (κ2) is 5.19. The maximum Gasteiger partial charge on any atom is 0.146 e. The minimum absolute atomic E-state index is 0.559. The normalized spacial score (nSPS) is 27.3. The Morgan fingerprint density at radius 3 is 3.19 bits per heavy atom. The van der Waals surface area contributed by atoms with E-state index in [0.29, 0.717) is 11.9 Å². The first-order valence-corrected chi connectivity index (χ1v) is 8.56. The fourth-order valence-electron chi connectivity index (χ4n) is 3.64. The number of piperazine rings is 1. The first-order chi connectivity index (χ1) is 10.2. The second-order valence-electron chi connectivity index (χ2n) is 6.23. The summed E-state index contributed by atoms with van der Waals surface area (Å²) in [5.41, 5.74) is 6.06. The van der Waals surface area contributed by atoms with Crippen molar-refractivity contribution >= 4 is 27.4 Å². The number of hydrogen-bond donors (Lipinski definition) is 1. The van der Waals surface area contributed by atoms with E-state index in [9.17, 15) is 0 Å². The number of nitrogen functional groups attached to an aromatic ring is 1. The van der Waals surface area contributed by atoms with Crippen LogP contribution in [0.5, 0.6) is 0 Å². The van der Waals surface area contributed by atoms with E-state index >= 15 is 0 Å². The van der Waals surface area contributed by atoms with Crippen LogP contribution in [0, 0.1) is 0 Å². The fourth-order valence-corrected chi connectivity index (χ4v) is 4.44. The molecule has 2 aromatic heterocycles. The minimum atomic E-state index is 0.559. The molecule has 0 aromatic carbocycles. The van der Waals surface area contributed by atoms with Gasteiger partial charge in [0.05, 0.1) is 11.9 Å². The highest BCUT2D eigenvalue weighted by atomic mass is 32.1.